The van der Waals surface area contributed by atoms with Crippen molar-refractivity contribution in [2.45, 2.75) is 44.2 Å². The van der Waals surface area contributed by atoms with Crippen molar-refractivity contribution in [3.63, 3.8) is 0 Å². The molecule has 1 aliphatic heterocycles. The Hall–Kier alpha value is -1.92. The summed E-state index contributed by atoms with van der Waals surface area (Å²) in [5.74, 6) is 0.933. The minimum Gasteiger partial charge on any atom is -0.337 e. The van der Waals surface area contributed by atoms with Gasteiger partial charge < -0.3 is 20.9 Å². The molecule has 1 heterocycles. The number of fused-ring (bicyclic) bond motifs is 2. The zero-order valence-electron chi connectivity index (χ0n) is 16.9. The number of benzene rings is 1. The van der Waals surface area contributed by atoms with E-state index in [0.717, 1.165) is 50.9 Å². The predicted molar refractivity (Wildman–Crippen MR) is 110 cm³/mol. The van der Waals surface area contributed by atoms with Gasteiger partial charge in [0.2, 0.25) is 5.91 Å². The lowest BCUT2D eigenvalue weighted by molar-refractivity contribution is -0.121. The molecule has 5 unspecified atom stereocenters. The molecule has 0 radical (unpaired) electrons. The Balaban J connectivity index is 1.37. The van der Waals surface area contributed by atoms with Crippen LogP contribution >= 0.6 is 0 Å². The molecule has 2 bridgehead atoms. The second-order valence-electron chi connectivity index (χ2n) is 8.98. The molecule has 2 amide bonds. The molecule has 5 atom stereocenters. The number of carbonyl (C=O) groups is 2. The Morgan fingerprint density at radius 1 is 1.14 bits per heavy atom. The van der Waals surface area contributed by atoms with Gasteiger partial charge in [0.25, 0.3) is 5.91 Å². The Kier molecular flexibility index (Phi) is 5.43. The Morgan fingerprint density at radius 3 is 2.50 bits per heavy atom. The molecular formula is C22H32N4O2. The molecular weight excluding hydrogens is 352 g/mol. The minimum absolute atomic E-state index is 0.0122. The number of nitrogens with one attached hydrogen (secondary N) is 1. The smallest absolute Gasteiger partial charge is 0.253 e. The standard InChI is InChI=1S/C22H32N4O2/c1-25-11-3-4-18(13-25)26(2)22(28)14-7-9-17(10-8-14)24-21(27)19-15-5-6-16(12-15)20(19)23/h7-10,15-16,18-20H,3-6,11-13,23H2,1-2H3,(H,24,27). The number of likely N-dealkylation sites (tertiary alicyclic amines) is 1. The van der Waals surface area contributed by atoms with E-state index in [2.05, 4.69) is 17.3 Å². The highest BCUT2D eigenvalue weighted by atomic mass is 16.2. The number of anilines is 1. The van der Waals surface area contributed by atoms with E-state index in [1.54, 1.807) is 0 Å². The maximum atomic E-state index is 12.8. The first-order chi connectivity index (χ1) is 13.4. The van der Waals surface area contributed by atoms with Gasteiger partial charge in [-0.1, -0.05) is 0 Å². The van der Waals surface area contributed by atoms with Crippen LogP contribution in [0, 0.1) is 17.8 Å². The molecule has 3 fully saturated rings. The van der Waals surface area contributed by atoms with Gasteiger partial charge in [0.1, 0.15) is 0 Å². The van der Waals surface area contributed by atoms with Crippen molar-refractivity contribution in [2.75, 3.05) is 32.5 Å². The quantitative estimate of drug-likeness (QED) is 0.834. The van der Waals surface area contributed by atoms with Crippen molar-refractivity contribution in [1.82, 2.24) is 9.80 Å². The second-order valence-corrected chi connectivity index (χ2v) is 8.98. The fraction of sp³-hybridized carbons (Fsp3) is 0.636. The number of nitrogens with two attached hydrogens (primary N) is 1. The SMILES string of the molecule is CN1CCCC(N(C)C(=O)c2ccc(NC(=O)C3C4CCC(C4)C3N)cc2)C1. The molecule has 3 aliphatic rings. The van der Waals surface area contributed by atoms with Gasteiger partial charge in [0, 0.05) is 36.9 Å². The average molecular weight is 385 g/mol. The number of nitrogens with zero attached hydrogens (tertiary/aromatic N) is 2. The topological polar surface area (TPSA) is 78.7 Å². The third kappa shape index (κ3) is 3.67. The van der Waals surface area contributed by atoms with Crippen molar-refractivity contribution >= 4 is 17.5 Å². The number of likely N-dealkylation sites (N-methyl/N-ethyl adjacent to an activating group) is 2. The lowest BCUT2D eigenvalue weighted by Crippen LogP contribution is -2.47. The van der Waals surface area contributed by atoms with E-state index in [1.165, 1.54) is 0 Å². The molecule has 2 saturated carbocycles. The molecule has 3 N–H and O–H groups in total. The van der Waals surface area contributed by atoms with Crippen molar-refractivity contribution < 1.29 is 9.59 Å². The molecule has 28 heavy (non-hydrogen) atoms. The lowest BCUT2D eigenvalue weighted by atomic mass is 9.84. The maximum Gasteiger partial charge on any atom is 0.253 e. The van der Waals surface area contributed by atoms with Crippen LogP contribution in [0.3, 0.4) is 0 Å². The molecule has 6 nitrogen and oxygen atoms in total. The average Bonchev–Trinajstić information content (AvgIpc) is 3.28. The molecule has 152 valence electrons. The summed E-state index contributed by atoms with van der Waals surface area (Å²) in [4.78, 5) is 29.7. The summed E-state index contributed by atoms with van der Waals surface area (Å²) in [6.45, 7) is 2.01. The first-order valence-corrected chi connectivity index (χ1v) is 10.6. The van der Waals surface area contributed by atoms with Crippen molar-refractivity contribution in [1.29, 1.82) is 0 Å². The van der Waals surface area contributed by atoms with Crippen LogP contribution < -0.4 is 11.1 Å². The fourth-order valence-electron chi connectivity index (χ4n) is 5.47. The molecule has 0 aromatic heterocycles. The van der Waals surface area contributed by atoms with Gasteiger partial charge in [-0.05, 0) is 81.8 Å². The van der Waals surface area contributed by atoms with Crippen LogP contribution in [-0.2, 0) is 4.79 Å². The van der Waals surface area contributed by atoms with Crippen LogP contribution in [0.1, 0.15) is 42.5 Å². The maximum absolute atomic E-state index is 12.8. The number of piperidine rings is 1. The van der Waals surface area contributed by atoms with E-state index in [0.29, 0.717) is 17.4 Å². The lowest BCUT2D eigenvalue weighted by Gasteiger charge is -2.35. The van der Waals surface area contributed by atoms with E-state index >= 15 is 0 Å². The number of carbonyl (C=O) groups excluding carboxylic acids is 2. The molecule has 1 saturated heterocycles. The van der Waals surface area contributed by atoms with Crippen LogP contribution in [0.2, 0.25) is 0 Å². The highest BCUT2D eigenvalue weighted by Crippen LogP contribution is 2.47. The van der Waals surface area contributed by atoms with Gasteiger partial charge in [0.15, 0.2) is 0 Å². The summed E-state index contributed by atoms with van der Waals surface area (Å²) in [5, 5.41) is 3.01. The largest absolute Gasteiger partial charge is 0.337 e. The highest BCUT2D eigenvalue weighted by molar-refractivity contribution is 5.96. The van der Waals surface area contributed by atoms with E-state index < -0.39 is 0 Å². The third-order valence-corrected chi connectivity index (χ3v) is 7.15. The van der Waals surface area contributed by atoms with Gasteiger partial charge >= 0.3 is 0 Å². The summed E-state index contributed by atoms with van der Waals surface area (Å²) in [5.41, 5.74) is 7.67. The van der Waals surface area contributed by atoms with Crippen molar-refractivity contribution in [3.05, 3.63) is 29.8 Å². The zero-order valence-corrected chi connectivity index (χ0v) is 16.9. The summed E-state index contributed by atoms with van der Waals surface area (Å²) in [6, 6.07) is 7.51. The fourth-order valence-corrected chi connectivity index (χ4v) is 5.47. The molecule has 6 heteroatoms. The van der Waals surface area contributed by atoms with Gasteiger partial charge in [0.05, 0.1) is 5.92 Å². The van der Waals surface area contributed by atoms with E-state index in [9.17, 15) is 9.59 Å². The number of hydrogen-bond donors (Lipinski definition) is 2. The van der Waals surface area contributed by atoms with Gasteiger partial charge in [-0.15, -0.1) is 0 Å². The van der Waals surface area contributed by atoms with E-state index in [4.69, 9.17) is 5.73 Å². The molecule has 2 aliphatic carbocycles. The molecule has 4 rings (SSSR count). The van der Waals surface area contributed by atoms with Crippen LogP contribution in [0.5, 0.6) is 0 Å². The Bertz CT molecular complexity index is 733. The molecule has 1 aromatic carbocycles. The van der Waals surface area contributed by atoms with Crippen LogP contribution in [-0.4, -0.2) is 60.9 Å². The van der Waals surface area contributed by atoms with Crippen molar-refractivity contribution in [2.24, 2.45) is 23.5 Å². The first-order valence-electron chi connectivity index (χ1n) is 10.6. The Morgan fingerprint density at radius 2 is 1.86 bits per heavy atom. The van der Waals surface area contributed by atoms with Crippen LogP contribution in [0.4, 0.5) is 5.69 Å². The molecule has 1 aromatic rings. The predicted octanol–water partition coefficient (Wildman–Crippen LogP) is 2.16. The van der Waals surface area contributed by atoms with Gasteiger partial charge in [-0.3, -0.25) is 9.59 Å². The van der Waals surface area contributed by atoms with Crippen LogP contribution in [0.25, 0.3) is 0 Å². The number of hydrogen-bond acceptors (Lipinski definition) is 4. The highest BCUT2D eigenvalue weighted by Gasteiger charge is 2.49. The van der Waals surface area contributed by atoms with Gasteiger partial charge in [-0.25, -0.2) is 0 Å². The summed E-state index contributed by atoms with van der Waals surface area (Å²) in [7, 11) is 3.99. The summed E-state index contributed by atoms with van der Waals surface area (Å²) < 4.78 is 0. The van der Waals surface area contributed by atoms with Gasteiger partial charge in [-0.2, -0.15) is 0 Å². The van der Waals surface area contributed by atoms with Crippen LogP contribution in [0.15, 0.2) is 24.3 Å². The zero-order chi connectivity index (χ0) is 19.8. The second kappa shape index (κ2) is 7.84. The summed E-state index contributed by atoms with van der Waals surface area (Å²) in [6.07, 6.45) is 5.54. The third-order valence-electron chi connectivity index (χ3n) is 7.15. The summed E-state index contributed by atoms with van der Waals surface area (Å²) >= 11 is 0. The van der Waals surface area contributed by atoms with Crippen molar-refractivity contribution in [3.8, 4) is 0 Å². The number of rotatable bonds is 4. The Labute approximate surface area is 167 Å². The molecule has 0 spiro atoms. The number of amides is 2. The normalized spacial score (nSPS) is 32.3. The van der Waals surface area contributed by atoms with E-state index in [-0.39, 0.29) is 29.8 Å². The monoisotopic (exact) mass is 384 g/mol. The minimum atomic E-state index is -0.0746. The van der Waals surface area contributed by atoms with E-state index in [1.807, 2.05) is 36.2 Å². The first kappa shape index (κ1) is 19.4.